The highest BCUT2D eigenvalue weighted by Gasteiger charge is 2.33. The molecule has 0 aromatic carbocycles. The molecule has 2 aromatic rings. The Hall–Kier alpha value is -2.44. The largest absolute Gasteiger partial charge is 0.328 e. The van der Waals surface area contributed by atoms with Crippen molar-refractivity contribution >= 4 is 11.7 Å². The highest BCUT2D eigenvalue weighted by atomic mass is 16.1. The van der Waals surface area contributed by atoms with E-state index in [0.29, 0.717) is 11.5 Å². The fourth-order valence-corrected chi connectivity index (χ4v) is 2.72. The quantitative estimate of drug-likeness (QED) is 0.888. The summed E-state index contributed by atoms with van der Waals surface area (Å²) in [4.78, 5) is 16.2. The van der Waals surface area contributed by atoms with Crippen LogP contribution in [0.15, 0.2) is 23.8 Å². The van der Waals surface area contributed by atoms with Crippen LogP contribution in [-0.2, 0) is 11.8 Å². The van der Waals surface area contributed by atoms with E-state index < -0.39 is 0 Å². The van der Waals surface area contributed by atoms with Crippen molar-refractivity contribution in [2.45, 2.75) is 26.8 Å². The number of hydrogen-bond donors (Lipinski definition) is 1. The predicted octanol–water partition coefficient (Wildman–Crippen LogP) is 1.20. The number of Topliss-reactive ketones (excluding diaryl/α,β-unsaturated/α-hetero) is 1. The van der Waals surface area contributed by atoms with Crippen molar-refractivity contribution < 1.29 is 4.79 Å². The minimum Gasteiger partial charge on any atom is -0.328 e. The molecule has 2 aromatic heterocycles. The van der Waals surface area contributed by atoms with Crippen molar-refractivity contribution in [1.82, 2.24) is 24.5 Å². The van der Waals surface area contributed by atoms with E-state index in [1.54, 1.807) is 16.3 Å². The third-order valence-electron chi connectivity index (χ3n) is 3.52. The Kier molecular flexibility index (Phi) is 2.70. The monoisotopic (exact) mass is 272 g/mol. The fourth-order valence-electron chi connectivity index (χ4n) is 2.72. The number of nitrogens with zero attached hydrogens (tertiary/aromatic N) is 5. The maximum Gasteiger partial charge on any atom is 0.226 e. The Labute approximate surface area is 116 Å². The van der Waals surface area contributed by atoms with Crippen LogP contribution in [0.5, 0.6) is 0 Å². The molecule has 3 heterocycles. The number of carbonyl (C=O) groups is 1. The molecule has 0 radical (unpaired) electrons. The van der Waals surface area contributed by atoms with Crippen molar-refractivity contribution in [3.63, 3.8) is 0 Å². The molecule has 1 aliphatic rings. The molecule has 0 amide bonds. The van der Waals surface area contributed by atoms with Crippen LogP contribution in [0.3, 0.4) is 0 Å². The molecule has 7 heteroatoms. The summed E-state index contributed by atoms with van der Waals surface area (Å²) in [7, 11) is 1.86. The van der Waals surface area contributed by atoms with Gasteiger partial charge in [0.05, 0.1) is 5.69 Å². The maximum absolute atomic E-state index is 12.1. The van der Waals surface area contributed by atoms with E-state index in [4.69, 9.17) is 0 Å². The Morgan fingerprint density at radius 2 is 2.15 bits per heavy atom. The fraction of sp³-hybridized carbons (Fsp3) is 0.385. The third kappa shape index (κ3) is 1.74. The minimum absolute atomic E-state index is 0.0180. The van der Waals surface area contributed by atoms with Crippen LogP contribution in [0.25, 0.3) is 0 Å². The molecular weight excluding hydrogens is 256 g/mol. The third-order valence-corrected chi connectivity index (χ3v) is 3.52. The summed E-state index contributed by atoms with van der Waals surface area (Å²) in [5.74, 6) is 0.658. The molecule has 1 unspecified atom stereocenters. The Morgan fingerprint density at radius 3 is 2.75 bits per heavy atom. The zero-order chi connectivity index (χ0) is 14.4. The van der Waals surface area contributed by atoms with Gasteiger partial charge in [-0.1, -0.05) is 0 Å². The molecule has 3 rings (SSSR count). The first-order valence-electron chi connectivity index (χ1n) is 6.37. The molecule has 7 nitrogen and oxygen atoms in total. The number of anilines is 1. The van der Waals surface area contributed by atoms with Crippen molar-refractivity contribution in [2.75, 3.05) is 5.32 Å². The Morgan fingerprint density at radius 1 is 1.40 bits per heavy atom. The van der Waals surface area contributed by atoms with Gasteiger partial charge in [0, 0.05) is 30.1 Å². The molecule has 1 atom stereocenters. The lowest BCUT2D eigenvalue weighted by Gasteiger charge is -2.27. The van der Waals surface area contributed by atoms with Crippen LogP contribution in [0.2, 0.25) is 0 Å². The summed E-state index contributed by atoms with van der Waals surface area (Å²) in [6.07, 6.45) is 3.41. The molecule has 0 saturated carbocycles. The van der Waals surface area contributed by atoms with Crippen LogP contribution in [0.1, 0.15) is 31.1 Å². The number of nitrogens with one attached hydrogen (secondary N) is 1. The van der Waals surface area contributed by atoms with E-state index in [9.17, 15) is 4.79 Å². The van der Waals surface area contributed by atoms with Gasteiger partial charge in [-0.05, 0) is 20.8 Å². The second-order valence-corrected chi connectivity index (χ2v) is 4.99. The minimum atomic E-state index is -0.278. The molecule has 1 N–H and O–H groups in total. The summed E-state index contributed by atoms with van der Waals surface area (Å²) in [6.45, 7) is 5.38. The van der Waals surface area contributed by atoms with Gasteiger partial charge in [0.25, 0.3) is 0 Å². The highest BCUT2D eigenvalue weighted by Crippen LogP contribution is 2.35. The molecule has 0 bridgehead atoms. The van der Waals surface area contributed by atoms with Gasteiger partial charge in [-0.25, -0.2) is 4.68 Å². The summed E-state index contributed by atoms with van der Waals surface area (Å²) >= 11 is 0. The SMILES string of the molecule is CC(=O)C1=C(C)Nc2ncnn2C1c1cn(C)nc1C. The Bertz CT molecular complexity index is 723. The van der Waals surface area contributed by atoms with Gasteiger partial charge in [0.2, 0.25) is 5.95 Å². The zero-order valence-corrected chi connectivity index (χ0v) is 11.9. The van der Waals surface area contributed by atoms with Crippen molar-refractivity contribution in [2.24, 2.45) is 7.05 Å². The van der Waals surface area contributed by atoms with Gasteiger partial charge in [0.1, 0.15) is 12.4 Å². The van der Waals surface area contributed by atoms with Gasteiger partial charge >= 0.3 is 0 Å². The average molecular weight is 272 g/mol. The molecule has 104 valence electrons. The number of hydrogen-bond acceptors (Lipinski definition) is 5. The number of aromatic nitrogens is 5. The number of allylic oxidation sites excluding steroid dienone is 2. The van der Waals surface area contributed by atoms with Crippen molar-refractivity contribution in [3.8, 4) is 0 Å². The summed E-state index contributed by atoms with van der Waals surface area (Å²) in [5.41, 5.74) is 3.35. The first-order valence-corrected chi connectivity index (χ1v) is 6.37. The molecule has 0 saturated heterocycles. The lowest BCUT2D eigenvalue weighted by Crippen LogP contribution is -2.28. The average Bonchev–Trinajstić information content (AvgIpc) is 2.93. The first kappa shape index (κ1) is 12.6. The van der Waals surface area contributed by atoms with Gasteiger partial charge in [-0.15, -0.1) is 0 Å². The number of fused-ring (bicyclic) bond motifs is 1. The summed E-state index contributed by atoms with van der Waals surface area (Å²) in [5, 5.41) is 11.7. The Balaban J connectivity index is 2.25. The zero-order valence-electron chi connectivity index (χ0n) is 11.9. The smallest absolute Gasteiger partial charge is 0.226 e. The van der Waals surface area contributed by atoms with Crippen LogP contribution < -0.4 is 5.32 Å². The molecule has 0 spiro atoms. The maximum atomic E-state index is 12.1. The summed E-state index contributed by atoms with van der Waals surface area (Å²) in [6, 6.07) is -0.278. The normalized spacial score (nSPS) is 17.9. The van der Waals surface area contributed by atoms with E-state index in [2.05, 4.69) is 20.5 Å². The standard InChI is InChI=1S/C13H16N6O/c1-7-10(5-18(4)17-7)12-11(9(3)20)8(2)16-13-14-6-15-19(12)13/h5-6,12H,1-4H3,(H,14,15,16). The molecule has 1 aliphatic heterocycles. The van der Waals surface area contributed by atoms with Crippen LogP contribution in [-0.4, -0.2) is 30.3 Å². The molecular formula is C13H16N6O. The lowest BCUT2D eigenvalue weighted by atomic mass is 9.94. The van der Waals surface area contributed by atoms with Crippen LogP contribution >= 0.6 is 0 Å². The van der Waals surface area contributed by atoms with E-state index >= 15 is 0 Å². The van der Waals surface area contributed by atoms with Crippen LogP contribution in [0.4, 0.5) is 5.95 Å². The predicted molar refractivity (Wildman–Crippen MR) is 73.1 cm³/mol. The topological polar surface area (TPSA) is 77.6 Å². The molecule has 0 fully saturated rings. The summed E-state index contributed by atoms with van der Waals surface area (Å²) < 4.78 is 3.48. The second-order valence-electron chi connectivity index (χ2n) is 4.99. The number of aryl methyl sites for hydroxylation is 2. The van der Waals surface area contributed by atoms with Gasteiger partial charge in [-0.3, -0.25) is 9.48 Å². The van der Waals surface area contributed by atoms with Gasteiger partial charge in [-0.2, -0.15) is 15.2 Å². The van der Waals surface area contributed by atoms with E-state index in [1.165, 1.54) is 6.33 Å². The first-order chi connectivity index (χ1) is 9.49. The van der Waals surface area contributed by atoms with Crippen molar-refractivity contribution in [1.29, 1.82) is 0 Å². The second kappa shape index (κ2) is 4.29. The number of rotatable bonds is 2. The van der Waals surface area contributed by atoms with E-state index in [1.807, 2.05) is 27.1 Å². The molecule has 20 heavy (non-hydrogen) atoms. The highest BCUT2D eigenvalue weighted by molar-refractivity contribution is 5.96. The van der Waals surface area contributed by atoms with Gasteiger partial charge < -0.3 is 5.32 Å². The number of ketones is 1. The van der Waals surface area contributed by atoms with Gasteiger partial charge in [0.15, 0.2) is 5.78 Å². The lowest BCUT2D eigenvalue weighted by molar-refractivity contribution is -0.114. The van der Waals surface area contributed by atoms with Crippen LogP contribution in [0, 0.1) is 6.92 Å². The van der Waals surface area contributed by atoms with E-state index in [-0.39, 0.29) is 11.8 Å². The number of carbonyl (C=O) groups excluding carboxylic acids is 1. The molecule has 0 aliphatic carbocycles. The van der Waals surface area contributed by atoms with E-state index in [0.717, 1.165) is 17.0 Å². The van der Waals surface area contributed by atoms with Crippen molar-refractivity contribution in [3.05, 3.63) is 35.1 Å².